The van der Waals surface area contributed by atoms with Gasteiger partial charge in [0.2, 0.25) is 11.8 Å². The molecule has 0 bridgehead atoms. The highest BCUT2D eigenvalue weighted by molar-refractivity contribution is 8.00. The number of carbonyl (C=O) groups is 1. The van der Waals surface area contributed by atoms with Crippen LogP contribution in [-0.4, -0.2) is 26.3 Å². The number of rotatable bonds is 6. The highest BCUT2D eigenvalue weighted by Crippen LogP contribution is 2.28. The molecule has 0 saturated heterocycles. The number of thioether (sulfide) groups is 1. The Kier molecular flexibility index (Phi) is 5.51. The van der Waals surface area contributed by atoms with E-state index in [0.29, 0.717) is 5.56 Å². The number of aromatic nitrogens is 2. The molecule has 1 atom stereocenters. The summed E-state index contributed by atoms with van der Waals surface area (Å²) in [5.41, 5.74) is 2.15. The average Bonchev–Trinajstić information content (AvgIpc) is 3.10. The van der Waals surface area contributed by atoms with E-state index in [4.69, 9.17) is 4.42 Å². The van der Waals surface area contributed by atoms with Gasteiger partial charge in [-0.15, -0.1) is 10.2 Å². The van der Waals surface area contributed by atoms with Crippen molar-refractivity contribution in [3.63, 3.8) is 0 Å². The van der Waals surface area contributed by atoms with Gasteiger partial charge < -0.3 is 9.73 Å². The van der Waals surface area contributed by atoms with Crippen LogP contribution in [0.3, 0.4) is 0 Å². The lowest BCUT2D eigenvalue weighted by Gasteiger charge is -2.10. The molecule has 27 heavy (non-hydrogen) atoms. The fourth-order valence-corrected chi connectivity index (χ4v) is 2.98. The molecule has 0 aliphatic carbocycles. The maximum atomic E-state index is 12.3. The lowest BCUT2D eigenvalue weighted by Crippen LogP contribution is -2.22. The summed E-state index contributed by atoms with van der Waals surface area (Å²) in [5, 5.41) is 21.3. The molecule has 9 heteroatoms. The average molecular weight is 384 g/mol. The number of nitrogens with zero attached hydrogens (tertiary/aromatic N) is 3. The number of amides is 1. The minimum Gasteiger partial charge on any atom is -0.411 e. The molecule has 0 aliphatic heterocycles. The van der Waals surface area contributed by atoms with E-state index in [2.05, 4.69) is 15.5 Å². The molecule has 1 aromatic heterocycles. The standard InChI is InChI=1S/C18H16N4O4S/c1-11-5-3-7-14(9-11)19-16(23)12(2)27-18-21-20-17(26-18)13-6-4-8-15(10-13)22(24)25/h3-10,12H,1-2H3,(H,19,23)/t12-/m1/s1. The Bertz CT molecular complexity index is 989. The quantitative estimate of drug-likeness (QED) is 0.387. The van der Waals surface area contributed by atoms with Crippen LogP contribution >= 0.6 is 11.8 Å². The van der Waals surface area contributed by atoms with Crippen molar-refractivity contribution in [3.05, 3.63) is 64.2 Å². The first-order chi connectivity index (χ1) is 12.9. The third kappa shape index (κ3) is 4.70. The van der Waals surface area contributed by atoms with Crippen LogP contribution in [0.4, 0.5) is 11.4 Å². The number of nitrogens with one attached hydrogen (secondary N) is 1. The molecule has 3 aromatic rings. The molecule has 0 unspecified atom stereocenters. The van der Waals surface area contributed by atoms with Crippen LogP contribution in [0.15, 0.2) is 58.2 Å². The zero-order valence-corrected chi connectivity index (χ0v) is 15.4. The monoisotopic (exact) mass is 384 g/mol. The third-order valence-electron chi connectivity index (χ3n) is 3.64. The second kappa shape index (κ2) is 8.00. The number of aryl methyl sites for hydroxylation is 1. The van der Waals surface area contributed by atoms with Crippen molar-refractivity contribution in [2.45, 2.75) is 24.3 Å². The highest BCUT2D eigenvalue weighted by Gasteiger charge is 2.19. The summed E-state index contributed by atoms with van der Waals surface area (Å²) in [6, 6.07) is 13.4. The second-order valence-corrected chi connectivity index (χ2v) is 7.09. The van der Waals surface area contributed by atoms with E-state index in [1.165, 1.54) is 12.1 Å². The first-order valence-electron chi connectivity index (χ1n) is 8.05. The van der Waals surface area contributed by atoms with Crippen molar-refractivity contribution in [1.29, 1.82) is 0 Å². The fraction of sp³-hybridized carbons (Fsp3) is 0.167. The van der Waals surface area contributed by atoms with Gasteiger partial charge in [-0.3, -0.25) is 14.9 Å². The predicted octanol–water partition coefficient (Wildman–Crippen LogP) is 4.07. The van der Waals surface area contributed by atoms with Crippen molar-refractivity contribution in [1.82, 2.24) is 10.2 Å². The van der Waals surface area contributed by atoms with E-state index in [1.54, 1.807) is 19.1 Å². The lowest BCUT2D eigenvalue weighted by atomic mass is 10.2. The van der Waals surface area contributed by atoms with Gasteiger partial charge in [0.25, 0.3) is 10.9 Å². The first-order valence-corrected chi connectivity index (χ1v) is 8.93. The Hall–Kier alpha value is -3.20. The topological polar surface area (TPSA) is 111 Å². The molecule has 0 saturated carbocycles. The van der Waals surface area contributed by atoms with Crippen LogP contribution in [0.1, 0.15) is 12.5 Å². The van der Waals surface area contributed by atoms with E-state index in [9.17, 15) is 14.9 Å². The van der Waals surface area contributed by atoms with Crippen molar-refractivity contribution < 1.29 is 14.1 Å². The molecule has 2 aromatic carbocycles. The van der Waals surface area contributed by atoms with Gasteiger partial charge in [-0.05, 0) is 37.6 Å². The first kappa shape index (κ1) is 18.6. The van der Waals surface area contributed by atoms with Crippen molar-refractivity contribution in [2.24, 2.45) is 0 Å². The van der Waals surface area contributed by atoms with Gasteiger partial charge in [-0.25, -0.2) is 0 Å². The van der Waals surface area contributed by atoms with E-state index in [1.807, 2.05) is 31.2 Å². The summed E-state index contributed by atoms with van der Waals surface area (Å²) in [6.07, 6.45) is 0. The second-order valence-electron chi connectivity index (χ2n) is 5.80. The largest absolute Gasteiger partial charge is 0.411 e. The van der Waals surface area contributed by atoms with Crippen molar-refractivity contribution in [3.8, 4) is 11.5 Å². The minimum absolute atomic E-state index is 0.0641. The predicted molar refractivity (Wildman–Crippen MR) is 102 cm³/mol. The lowest BCUT2D eigenvalue weighted by molar-refractivity contribution is -0.384. The molecule has 1 amide bonds. The summed E-state index contributed by atoms with van der Waals surface area (Å²) in [5.74, 6) is -0.0341. The number of benzene rings is 2. The molecule has 1 N–H and O–H groups in total. The van der Waals surface area contributed by atoms with E-state index < -0.39 is 10.2 Å². The summed E-state index contributed by atoms with van der Waals surface area (Å²) in [7, 11) is 0. The number of nitro groups is 1. The number of nitro benzene ring substituents is 1. The van der Waals surface area contributed by atoms with Crippen LogP contribution in [0.5, 0.6) is 0 Å². The minimum atomic E-state index is -0.493. The van der Waals surface area contributed by atoms with E-state index in [0.717, 1.165) is 23.0 Å². The molecular weight excluding hydrogens is 368 g/mol. The maximum absolute atomic E-state index is 12.3. The van der Waals surface area contributed by atoms with Gasteiger partial charge in [0.15, 0.2) is 0 Å². The highest BCUT2D eigenvalue weighted by atomic mass is 32.2. The van der Waals surface area contributed by atoms with Gasteiger partial charge in [0.1, 0.15) is 0 Å². The summed E-state index contributed by atoms with van der Waals surface area (Å²) < 4.78 is 5.53. The molecule has 1 heterocycles. The van der Waals surface area contributed by atoms with Crippen LogP contribution in [0.2, 0.25) is 0 Å². The van der Waals surface area contributed by atoms with Gasteiger partial charge >= 0.3 is 0 Å². The van der Waals surface area contributed by atoms with E-state index in [-0.39, 0.29) is 22.7 Å². The molecule has 3 rings (SSSR count). The zero-order valence-electron chi connectivity index (χ0n) is 14.6. The fourth-order valence-electron chi connectivity index (χ4n) is 2.30. The SMILES string of the molecule is Cc1cccc(NC(=O)[C@@H](C)Sc2nnc(-c3cccc([N+](=O)[O-])c3)o2)c1. The number of anilines is 1. The van der Waals surface area contributed by atoms with Gasteiger partial charge in [-0.2, -0.15) is 0 Å². The summed E-state index contributed by atoms with van der Waals surface area (Å²) in [6.45, 7) is 3.68. The van der Waals surface area contributed by atoms with Crippen LogP contribution in [0.25, 0.3) is 11.5 Å². The molecule has 0 fully saturated rings. The number of hydrogen-bond donors (Lipinski definition) is 1. The Labute approximate surface area is 159 Å². The summed E-state index contributed by atoms with van der Waals surface area (Å²) >= 11 is 1.11. The number of hydrogen-bond acceptors (Lipinski definition) is 7. The molecule has 0 aliphatic rings. The van der Waals surface area contributed by atoms with Crippen molar-refractivity contribution >= 4 is 29.0 Å². The van der Waals surface area contributed by atoms with Crippen LogP contribution in [0, 0.1) is 17.0 Å². The van der Waals surface area contributed by atoms with Crippen molar-refractivity contribution in [2.75, 3.05) is 5.32 Å². The van der Waals surface area contributed by atoms with E-state index >= 15 is 0 Å². The molecule has 138 valence electrons. The van der Waals surface area contributed by atoms with Gasteiger partial charge in [-0.1, -0.05) is 30.0 Å². The Morgan fingerprint density at radius 3 is 2.74 bits per heavy atom. The number of non-ortho nitro benzene ring substituents is 1. The van der Waals surface area contributed by atoms with Crippen LogP contribution in [-0.2, 0) is 4.79 Å². The molecule has 0 radical (unpaired) electrons. The summed E-state index contributed by atoms with van der Waals surface area (Å²) in [4.78, 5) is 22.7. The van der Waals surface area contributed by atoms with Gasteiger partial charge in [0, 0.05) is 23.4 Å². The molecule has 0 spiro atoms. The Morgan fingerprint density at radius 1 is 1.22 bits per heavy atom. The maximum Gasteiger partial charge on any atom is 0.277 e. The van der Waals surface area contributed by atoms with Crippen LogP contribution < -0.4 is 5.32 Å². The Balaban J connectivity index is 1.67. The molecular formula is C18H16N4O4S. The van der Waals surface area contributed by atoms with Gasteiger partial charge in [0.05, 0.1) is 10.2 Å². The zero-order chi connectivity index (χ0) is 19.4. The normalized spacial score (nSPS) is 11.8. The smallest absolute Gasteiger partial charge is 0.277 e. The number of carbonyl (C=O) groups excluding carboxylic acids is 1. The molecule has 8 nitrogen and oxygen atoms in total. The third-order valence-corrected chi connectivity index (χ3v) is 4.58. The Morgan fingerprint density at radius 2 is 2.00 bits per heavy atom.